The van der Waals surface area contributed by atoms with Crippen molar-refractivity contribution in [2.45, 2.75) is 24.8 Å². The zero-order valence-corrected chi connectivity index (χ0v) is 8.69. The largest absolute Gasteiger partial charge is 0.433 e. The molecule has 3 N–H and O–H groups in total. The molecule has 1 aliphatic carbocycles. The molecule has 0 aliphatic heterocycles. The summed E-state index contributed by atoms with van der Waals surface area (Å²) in [5.74, 6) is 0.987. The van der Waals surface area contributed by atoms with Gasteiger partial charge < -0.3 is 10.8 Å². The zero-order chi connectivity index (χ0) is 7.61. The highest BCUT2D eigenvalue weighted by Gasteiger charge is 2.37. The number of hydrogen-bond acceptors (Lipinski definition) is 3. The van der Waals surface area contributed by atoms with Crippen molar-refractivity contribution in [3.05, 3.63) is 0 Å². The summed E-state index contributed by atoms with van der Waals surface area (Å²) in [5, 5.41) is 8.88. The lowest BCUT2D eigenvalue weighted by atomic mass is 10.2. The molecule has 0 amide bonds. The third-order valence-electron chi connectivity index (χ3n) is 1.75. The van der Waals surface area contributed by atoms with E-state index in [0.717, 1.165) is 12.2 Å². The SMILES string of the molecule is NC1(CCSB(O)I)CC1. The summed E-state index contributed by atoms with van der Waals surface area (Å²) >= 11 is 3.55. The highest BCUT2D eigenvalue weighted by atomic mass is 127. The summed E-state index contributed by atoms with van der Waals surface area (Å²) in [7, 11) is 0. The minimum absolute atomic E-state index is 0.151. The Kier molecular flexibility index (Phi) is 3.34. The Morgan fingerprint density at radius 1 is 1.70 bits per heavy atom. The van der Waals surface area contributed by atoms with E-state index < -0.39 is 0 Å². The van der Waals surface area contributed by atoms with E-state index in [-0.39, 0.29) is 9.59 Å². The van der Waals surface area contributed by atoms with Crippen molar-refractivity contribution >= 4 is 38.0 Å². The number of rotatable bonds is 4. The Labute approximate surface area is 79.2 Å². The van der Waals surface area contributed by atoms with Gasteiger partial charge in [0.05, 0.1) is 0 Å². The molecule has 0 spiro atoms. The summed E-state index contributed by atoms with van der Waals surface area (Å²) in [6.45, 7) is 0. The van der Waals surface area contributed by atoms with E-state index in [9.17, 15) is 0 Å². The van der Waals surface area contributed by atoms with E-state index in [4.69, 9.17) is 10.8 Å². The number of nitrogens with two attached hydrogens (primary N) is 1. The molecule has 0 bridgehead atoms. The summed E-state index contributed by atoms with van der Waals surface area (Å²) < 4.78 is -0.264. The first kappa shape index (κ1) is 9.16. The predicted octanol–water partition coefficient (Wildman–Crippen LogP) is 1.01. The van der Waals surface area contributed by atoms with Gasteiger partial charge in [-0.3, -0.25) is 0 Å². The quantitative estimate of drug-likeness (QED) is 0.592. The van der Waals surface area contributed by atoms with Crippen molar-refractivity contribution in [2.24, 2.45) is 5.73 Å². The number of hydrogen-bond donors (Lipinski definition) is 2. The molecule has 0 aromatic carbocycles. The van der Waals surface area contributed by atoms with Crippen molar-refractivity contribution < 1.29 is 5.02 Å². The van der Waals surface area contributed by atoms with E-state index in [2.05, 4.69) is 0 Å². The molecule has 58 valence electrons. The average molecular weight is 271 g/mol. The van der Waals surface area contributed by atoms with Gasteiger partial charge in [0.2, 0.25) is 0 Å². The average Bonchev–Trinajstić information content (AvgIpc) is 2.47. The van der Waals surface area contributed by atoms with E-state index in [1.54, 1.807) is 11.6 Å². The van der Waals surface area contributed by atoms with E-state index in [1.165, 1.54) is 12.8 Å². The Bertz CT molecular complexity index is 120. The maximum atomic E-state index is 8.88. The summed E-state index contributed by atoms with van der Waals surface area (Å²) in [4.78, 5) is 0. The monoisotopic (exact) mass is 271 g/mol. The molecule has 1 fully saturated rings. The van der Waals surface area contributed by atoms with Gasteiger partial charge >= 0.3 is 4.05 Å². The van der Waals surface area contributed by atoms with Crippen LogP contribution in [0, 0.1) is 0 Å². The molecule has 10 heavy (non-hydrogen) atoms. The molecule has 1 rings (SSSR count). The topological polar surface area (TPSA) is 46.2 Å². The van der Waals surface area contributed by atoms with Gasteiger partial charge in [-0.15, -0.1) is 0 Å². The second-order valence-corrected chi connectivity index (χ2v) is 5.99. The third-order valence-corrected chi connectivity index (χ3v) is 3.54. The normalized spacial score (nSPS) is 20.7. The van der Waals surface area contributed by atoms with Gasteiger partial charge in [-0.1, -0.05) is 22.4 Å². The molecule has 0 saturated heterocycles. The Balaban J connectivity index is 1.95. The molecule has 0 aromatic heterocycles. The van der Waals surface area contributed by atoms with Gasteiger partial charge in [0.15, 0.2) is 0 Å². The molecule has 1 saturated carbocycles. The van der Waals surface area contributed by atoms with Crippen molar-refractivity contribution in [1.29, 1.82) is 0 Å². The van der Waals surface area contributed by atoms with E-state index in [1.807, 2.05) is 22.4 Å². The lowest BCUT2D eigenvalue weighted by Gasteiger charge is -2.06. The van der Waals surface area contributed by atoms with Gasteiger partial charge in [-0.2, -0.15) is 11.6 Å². The summed E-state index contributed by atoms with van der Waals surface area (Å²) in [6.07, 6.45) is 3.40. The van der Waals surface area contributed by atoms with Crippen LogP contribution in [0.3, 0.4) is 0 Å². The Hall–Kier alpha value is 1.06. The molecule has 2 nitrogen and oxygen atoms in total. The standard InChI is InChI=1S/C5H11BINOS/c7-6(9)10-4-3-5(8)1-2-5/h9H,1-4,8H2. The maximum absolute atomic E-state index is 8.88. The maximum Gasteiger partial charge on any atom is 0.432 e. The van der Waals surface area contributed by atoms with Crippen molar-refractivity contribution in [3.63, 3.8) is 0 Å². The first-order valence-electron chi connectivity index (χ1n) is 3.35. The zero-order valence-electron chi connectivity index (χ0n) is 5.72. The van der Waals surface area contributed by atoms with Crippen molar-refractivity contribution in [3.8, 4) is 0 Å². The Morgan fingerprint density at radius 3 is 2.70 bits per heavy atom. The fourth-order valence-corrected chi connectivity index (χ4v) is 2.25. The summed E-state index contributed by atoms with van der Waals surface area (Å²) in [6, 6.07) is 0. The van der Waals surface area contributed by atoms with Crippen LogP contribution in [-0.4, -0.2) is 20.4 Å². The molecule has 0 atom stereocenters. The van der Waals surface area contributed by atoms with Crippen LogP contribution >= 0.6 is 34.0 Å². The number of halogens is 1. The molecule has 0 heterocycles. The smallest absolute Gasteiger partial charge is 0.432 e. The first-order chi connectivity index (χ1) is 4.62. The lowest BCUT2D eigenvalue weighted by molar-refractivity contribution is 0.619. The molecule has 0 unspecified atom stereocenters. The molecule has 0 aromatic rings. The second-order valence-electron chi connectivity index (χ2n) is 2.78. The van der Waals surface area contributed by atoms with Crippen LogP contribution in [0.4, 0.5) is 0 Å². The van der Waals surface area contributed by atoms with Crippen LogP contribution < -0.4 is 5.73 Å². The van der Waals surface area contributed by atoms with E-state index in [0.29, 0.717) is 0 Å². The molecule has 0 radical (unpaired) electrons. The predicted molar refractivity (Wildman–Crippen MR) is 55.2 cm³/mol. The van der Waals surface area contributed by atoms with Crippen LogP contribution in [0.15, 0.2) is 0 Å². The van der Waals surface area contributed by atoms with E-state index >= 15 is 0 Å². The van der Waals surface area contributed by atoms with Gasteiger partial charge in [0, 0.05) is 5.54 Å². The highest BCUT2D eigenvalue weighted by molar-refractivity contribution is 14.1. The minimum Gasteiger partial charge on any atom is -0.433 e. The van der Waals surface area contributed by atoms with Crippen LogP contribution in [0.25, 0.3) is 0 Å². The first-order valence-corrected chi connectivity index (χ1v) is 5.64. The molecule has 1 aliphatic rings. The molecular weight excluding hydrogens is 260 g/mol. The highest BCUT2D eigenvalue weighted by Crippen LogP contribution is 2.36. The second kappa shape index (κ2) is 3.64. The van der Waals surface area contributed by atoms with Gasteiger partial charge in [-0.25, -0.2) is 0 Å². The van der Waals surface area contributed by atoms with Crippen molar-refractivity contribution in [1.82, 2.24) is 0 Å². The van der Waals surface area contributed by atoms with Crippen molar-refractivity contribution in [2.75, 3.05) is 5.75 Å². The van der Waals surface area contributed by atoms with Crippen LogP contribution in [0.1, 0.15) is 19.3 Å². The third kappa shape index (κ3) is 3.45. The fraction of sp³-hybridized carbons (Fsp3) is 1.00. The molecular formula is C5H11BINOS. The fourth-order valence-electron chi connectivity index (χ4n) is 0.770. The Morgan fingerprint density at radius 2 is 2.30 bits per heavy atom. The van der Waals surface area contributed by atoms with Crippen LogP contribution in [0.5, 0.6) is 0 Å². The summed E-state index contributed by atoms with van der Waals surface area (Å²) in [5.41, 5.74) is 5.99. The van der Waals surface area contributed by atoms with Gasteiger partial charge in [-0.05, 0) is 25.0 Å². The van der Waals surface area contributed by atoms with Crippen LogP contribution in [-0.2, 0) is 0 Å². The van der Waals surface area contributed by atoms with Crippen LogP contribution in [0.2, 0.25) is 0 Å². The van der Waals surface area contributed by atoms with Gasteiger partial charge in [0.1, 0.15) is 0 Å². The lowest BCUT2D eigenvalue weighted by Crippen LogP contribution is -2.22. The van der Waals surface area contributed by atoms with Gasteiger partial charge in [0.25, 0.3) is 0 Å². The minimum atomic E-state index is -0.264. The molecule has 5 heteroatoms.